The van der Waals surface area contributed by atoms with E-state index in [-0.39, 0.29) is 4.90 Å². The average Bonchev–Trinajstić information content (AvgIpc) is 2.38. The molecule has 2 aromatic carbocycles. The van der Waals surface area contributed by atoms with Crippen molar-refractivity contribution in [3.8, 4) is 0 Å². The molecule has 0 heterocycles. The maximum Gasteiger partial charge on any atom is 0.261 e. The van der Waals surface area contributed by atoms with Crippen LogP contribution in [0.4, 0.5) is 5.69 Å². The molecule has 2 rings (SSSR count). The number of rotatable bonds is 4. The molecule has 0 fully saturated rings. The molecule has 0 bridgehead atoms. The molecule has 0 aliphatic heterocycles. The Bertz CT molecular complexity index is 711. The van der Waals surface area contributed by atoms with Gasteiger partial charge in [-0.3, -0.25) is 4.72 Å². The highest BCUT2D eigenvalue weighted by Gasteiger charge is 2.14. The van der Waals surface area contributed by atoms with Gasteiger partial charge in [0.15, 0.2) is 0 Å². The van der Waals surface area contributed by atoms with Gasteiger partial charge in [0.25, 0.3) is 10.0 Å². The van der Waals surface area contributed by atoms with Gasteiger partial charge in [0, 0.05) is 5.69 Å². The van der Waals surface area contributed by atoms with Crippen LogP contribution in [0.2, 0.25) is 0 Å². The van der Waals surface area contributed by atoms with Crippen LogP contribution in [0.3, 0.4) is 0 Å². The van der Waals surface area contributed by atoms with Crippen molar-refractivity contribution in [3.05, 3.63) is 65.7 Å². The molecule has 0 unspecified atom stereocenters. The largest absolute Gasteiger partial charge is 0.280 e. The zero-order valence-corrected chi connectivity index (χ0v) is 12.4. The minimum Gasteiger partial charge on any atom is -0.280 e. The molecule has 0 aliphatic carbocycles. The molecule has 104 valence electrons. The van der Waals surface area contributed by atoms with E-state index in [0.29, 0.717) is 5.69 Å². The van der Waals surface area contributed by atoms with Crippen LogP contribution in [0.25, 0.3) is 6.08 Å². The standard InChI is InChI=1S/C16H17NO2S/c1-4-14-5-7-15(8-6-14)17-20(18,19)16-10-12(2)9-13(3)11-16/h4-11,17H,1H2,2-3H3. The number of aryl methyl sites for hydroxylation is 2. The van der Waals surface area contributed by atoms with Gasteiger partial charge in [0.2, 0.25) is 0 Å². The Labute approximate surface area is 120 Å². The Morgan fingerprint density at radius 1 is 1.00 bits per heavy atom. The van der Waals surface area contributed by atoms with Crippen LogP contribution in [0.5, 0.6) is 0 Å². The summed E-state index contributed by atoms with van der Waals surface area (Å²) in [7, 11) is -3.55. The van der Waals surface area contributed by atoms with Crippen LogP contribution in [0.1, 0.15) is 16.7 Å². The first kappa shape index (κ1) is 14.3. The fourth-order valence-electron chi connectivity index (χ4n) is 1.99. The molecule has 0 aromatic heterocycles. The summed E-state index contributed by atoms with van der Waals surface area (Å²) >= 11 is 0. The predicted molar refractivity (Wildman–Crippen MR) is 83.3 cm³/mol. The molecule has 0 atom stereocenters. The van der Waals surface area contributed by atoms with Gasteiger partial charge in [-0.15, -0.1) is 0 Å². The van der Waals surface area contributed by atoms with Gasteiger partial charge >= 0.3 is 0 Å². The van der Waals surface area contributed by atoms with Crippen molar-refractivity contribution >= 4 is 21.8 Å². The number of anilines is 1. The molecular formula is C16H17NO2S. The fourth-order valence-corrected chi connectivity index (χ4v) is 3.24. The summed E-state index contributed by atoms with van der Waals surface area (Å²) in [6, 6.07) is 12.3. The minimum absolute atomic E-state index is 0.280. The first-order valence-electron chi connectivity index (χ1n) is 6.24. The highest BCUT2D eigenvalue weighted by Crippen LogP contribution is 2.19. The van der Waals surface area contributed by atoms with Gasteiger partial charge < -0.3 is 0 Å². The number of hydrogen-bond donors (Lipinski definition) is 1. The van der Waals surface area contributed by atoms with E-state index < -0.39 is 10.0 Å². The highest BCUT2D eigenvalue weighted by molar-refractivity contribution is 7.92. The summed E-state index contributed by atoms with van der Waals surface area (Å²) < 4.78 is 27.2. The van der Waals surface area contributed by atoms with Gasteiger partial charge in [-0.05, 0) is 54.8 Å². The number of benzene rings is 2. The Kier molecular flexibility index (Phi) is 3.95. The summed E-state index contributed by atoms with van der Waals surface area (Å²) in [5, 5.41) is 0. The van der Waals surface area contributed by atoms with Crippen molar-refractivity contribution in [2.45, 2.75) is 18.7 Å². The highest BCUT2D eigenvalue weighted by atomic mass is 32.2. The zero-order chi connectivity index (χ0) is 14.8. The van der Waals surface area contributed by atoms with Crippen molar-refractivity contribution in [3.63, 3.8) is 0 Å². The first-order chi connectivity index (χ1) is 9.40. The van der Waals surface area contributed by atoms with Crippen LogP contribution in [0, 0.1) is 13.8 Å². The minimum atomic E-state index is -3.55. The summed E-state index contributed by atoms with van der Waals surface area (Å²) in [5.41, 5.74) is 3.33. The smallest absolute Gasteiger partial charge is 0.261 e. The molecule has 1 N–H and O–H groups in total. The molecule has 20 heavy (non-hydrogen) atoms. The third-order valence-electron chi connectivity index (χ3n) is 2.90. The van der Waals surface area contributed by atoms with Gasteiger partial charge in [-0.1, -0.05) is 30.9 Å². The Morgan fingerprint density at radius 2 is 1.55 bits per heavy atom. The summed E-state index contributed by atoms with van der Waals surface area (Å²) in [6.45, 7) is 7.42. The third-order valence-corrected chi connectivity index (χ3v) is 4.26. The lowest BCUT2D eigenvalue weighted by Gasteiger charge is -2.10. The maximum absolute atomic E-state index is 12.3. The molecule has 4 heteroatoms. The van der Waals surface area contributed by atoms with Crippen molar-refractivity contribution in [2.24, 2.45) is 0 Å². The number of sulfonamides is 1. The van der Waals surface area contributed by atoms with Gasteiger partial charge in [-0.25, -0.2) is 8.42 Å². The molecule has 3 nitrogen and oxygen atoms in total. The lowest BCUT2D eigenvalue weighted by atomic mass is 10.2. The predicted octanol–water partition coefficient (Wildman–Crippen LogP) is 3.75. The molecule has 0 aliphatic rings. The monoisotopic (exact) mass is 287 g/mol. The average molecular weight is 287 g/mol. The van der Waals surface area contributed by atoms with E-state index in [1.165, 1.54) is 0 Å². The first-order valence-corrected chi connectivity index (χ1v) is 7.73. The number of nitrogens with one attached hydrogen (secondary N) is 1. The van der Waals surface area contributed by atoms with Crippen LogP contribution in [-0.4, -0.2) is 8.42 Å². The lowest BCUT2D eigenvalue weighted by molar-refractivity contribution is 0.601. The lowest BCUT2D eigenvalue weighted by Crippen LogP contribution is -2.13. The molecular weight excluding hydrogens is 270 g/mol. The molecule has 0 amide bonds. The van der Waals surface area contributed by atoms with E-state index in [0.717, 1.165) is 16.7 Å². The summed E-state index contributed by atoms with van der Waals surface area (Å²) in [4.78, 5) is 0.280. The normalized spacial score (nSPS) is 11.1. The van der Waals surface area contributed by atoms with E-state index >= 15 is 0 Å². The molecule has 0 spiro atoms. The van der Waals surface area contributed by atoms with Gasteiger partial charge in [0.05, 0.1) is 4.90 Å². The van der Waals surface area contributed by atoms with Gasteiger partial charge in [-0.2, -0.15) is 0 Å². The summed E-state index contributed by atoms with van der Waals surface area (Å²) in [6.07, 6.45) is 1.71. The van der Waals surface area contributed by atoms with Crippen LogP contribution in [-0.2, 0) is 10.0 Å². The van der Waals surface area contributed by atoms with Crippen LogP contribution in [0.15, 0.2) is 53.9 Å². The third kappa shape index (κ3) is 3.27. The SMILES string of the molecule is C=Cc1ccc(NS(=O)(=O)c2cc(C)cc(C)c2)cc1. The van der Waals surface area contributed by atoms with Crippen molar-refractivity contribution in [2.75, 3.05) is 4.72 Å². The van der Waals surface area contributed by atoms with Crippen LogP contribution >= 0.6 is 0 Å². The Hall–Kier alpha value is -2.07. The fraction of sp³-hybridized carbons (Fsp3) is 0.125. The van der Waals surface area contributed by atoms with E-state index in [2.05, 4.69) is 11.3 Å². The van der Waals surface area contributed by atoms with E-state index in [1.54, 1.807) is 30.3 Å². The second-order valence-corrected chi connectivity index (χ2v) is 6.44. The van der Waals surface area contributed by atoms with Crippen molar-refractivity contribution in [1.82, 2.24) is 0 Å². The van der Waals surface area contributed by atoms with Crippen molar-refractivity contribution < 1.29 is 8.42 Å². The van der Waals surface area contributed by atoms with E-state index in [4.69, 9.17) is 0 Å². The molecule has 0 radical (unpaired) electrons. The number of hydrogen-bond acceptors (Lipinski definition) is 2. The second-order valence-electron chi connectivity index (χ2n) is 4.76. The topological polar surface area (TPSA) is 46.2 Å². The van der Waals surface area contributed by atoms with E-state index in [9.17, 15) is 8.42 Å². The Balaban J connectivity index is 2.32. The van der Waals surface area contributed by atoms with E-state index in [1.807, 2.05) is 32.0 Å². The second kappa shape index (κ2) is 5.51. The molecule has 0 saturated heterocycles. The van der Waals surface area contributed by atoms with Gasteiger partial charge in [0.1, 0.15) is 0 Å². The van der Waals surface area contributed by atoms with Crippen molar-refractivity contribution in [1.29, 1.82) is 0 Å². The molecule has 0 saturated carbocycles. The quantitative estimate of drug-likeness (QED) is 0.931. The maximum atomic E-state index is 12.3. The summed E-state index contributed by atoms with van der Waals surface area (Å²) in [5.74, 6) is 0. The van der Waals surface area contributed by atoms with Crippen LogP contribution < -0.4 is 4.72 Å². The molecule has 2 aromatic rings. The zero-order valence-electron chi connectivity index (χ0n) is 11.6. The Morgan fingerprint density at radius 3 is 2.05 bits per heavy atom.